The van der Waals surface area contributed by atoms with Gasteiger partial charge < -0.3 is 9.47 Å². The van der Waals surface area contributed by atoms with Crippen LogP contribution in [-0.2, 0) is 0 Å². The number of para-hydroxylation sites is 1. The third-order valence-electron chi connectivity index (χ3n) is 5.24. The summed E-state index contributed by atoms with van der Waals surface area (Å²) in [6.07, 6.45) is 0.493. The smallest absolute Gasteiger partial charge is 0.214 e. The number of methoxy groups -OCH3 is 1. The van der Waals surface area contributed by atoms with Crippen LogP contribution in [0.2, 0.25) is 5.02 Å². The van der Waals surface area contributed by atoms with Crippen LogP contribution in [0.15, 0.2) is 77.9 Å². The lowest BCUT2D eigenvalue weighted by molar-refractivity contribution is -0.0191. The van der Waals surface area contributed by atoms with E-state index in [2.05, 4.69) is 17.1 Å². The molecule has 0 aromatic heterocycles. The van der Waals surface area contributed by atoms with Gasteiger partial charge in [0.15, 0.2) is 0 Å². The van der Waals surface area contributed by atoms with E-state index in [0.717, 1.165) is 40.3 Å². The van der Waals surface area contributed by atoms with Gasteiger partial charge in [-0.05, 0) is 35.9 Å². The van der Waals surface area contributed by atoms with Gasteiger partial charge in [0.1, 0.15) is 11.5 Å². The molecule has 28 heavy (non-hydrogen) atoms. The molecule has 0 radical (unpaired) electrons. The van der Waals surface area contributed by atoms with Gasteiger partial charge in [0.25, 0.3) is 0 Å². The van der Waals surface area contributed by atoms with Crippen LogP contribution >= 0.6 is 11.6 Å². The molecule has 5 rings (SSSR count). The number of fused-ring (bicyclic) bond motifs is 3. The quantitative estimate of drug-likeness (QED) is 0.584. The van der Waals surface area contributed by atoms with Crippen molar-refractivity contribution in [2.75, 3.05) is 7.11 Å². The van der Waals surface area contributed by atoms with E-state index in [9.17, 15) is 0 Å². The van der Waals surface area contributed by atoms with Gasteiger partial charge >= 0.3 is 0 Å². The predicted octanol–water partition coefficient (Wildman–Crippen LogP) is 5.59. The number of hydrogen-bond acceptors (Lipinski definition) is 4. The second-order valence-corrected chi connectivity index (χ2v) is 7.38. The van der Waals surface area contributed by atoms with E-state index < -0.39 is 0 Å². The highest BCUT2D eigenvalue weighted by atomic mass is 35.5. The summed E-state index contributed by atoms with van der Waals surface area (Å²) in [5, 5.41) is 7.74. The molecule has 0 N–H and O–H groups in total. The van der Waals surface area contributed by atoms with E-state index in [0.29, 0.717) is 5.02 Å². The van der Waals surface area contributed by atoms with Crippen molar-refractivity contribution in [1.29, 1.82) is 0 Å². The highest BCUT2D eigenvalue weighted by Crippen LogP contribution is 2.47. The lowest BCUT2D eigenvalue weighted by atomic mass is 9.96. The molecule has 0 aliphatic carbocycles. The average molecular weight is 391 g/mol. The van der Waals surface area contributed by atoms with Crippen molar-refractivity contribution in [1.82, 2.24) is 5.01 Å². The van der Waals surface area contributed by atoms with E-state index >= 15 is 0 Å². The summed E-state index contributed by atoms with van der Waals surface area (Å²) in [6.45, 7) is 0. The highest BCUT2D eigenvalue weighted by molar-refractivity contribution is 6.31. The van der Waals surface area contributed by atoms with Gasteiger partial charge in [0.05, 0.1) is 18.9 Å². The molecule has 3 aromatic rings. The number of hydrazone groups is 1. The summed E-state index contributed by atoms with van der Waals surface area (Å²) < 4.78 is 11.8. The van der Waals surface area contributed by atoms with Crippen molar-refractivity contribution in [3.63, 3.8) is 0 Å². The van der Waals surface area contributed by atoms with Crippen LogP contribution in [0.3, 0.4) is 0 Å². The monoisotopic (exact) mass is 390 g/mol. The maximum absolute atomic E-state index is 6.38. The fourth-order valence-electron chi connectivity index (χ4n) is 3.89. The number of halogens is 1. The molecule has 0 saturated carbocycles. The molecule has 140 valence electrons. The van der Waals surface area contributed by atoms with Gasteiger partial charge in [-0.25, -0.2) is 5.01 Å². The van der Waals surface area contributed by atoms with Crippen LogP contribution in [-0.4, -0.2) is 17.8 Å². The second-order valence-electron chi connectivity index (χ2n) is 6.94. The molecule has 2 atom stereocenters. The van der Waals surface area contributed by atoms with Crippen molar-refractivity contribution in [2.45, 2.75) is 18.7 Å². The number of ether oxygens (including phenoxy) is 2. The summed E-state index contributed by atoms with van der Waals surface area (Å²) in [6, 6.07) is 24.1. The number of nitrogens with zero attached hydrogens (tertiary/aromatic N) is 2. The zero-order chi connectivity index (χ0) is 19.1. The average Bonchev–Trinajstić information content (AvgIpc) is 3.19. The Bertz CT molecular complexity index is 1070. The first-order chi connectivity index (χ1) is 13.7. The third-order valence-corrected chi connectivity index (χ3v) is 5.47. The van der Waals surface area contributed by atoms with E-state index in [4.69, 9.17) is 26.2 Å². The Morgan fingerprint density at radius 1 is 1.04 bits per heavy atom. The summed E-state index contributed by atoms with van der Waals surface area (Å²) in [4.78, 5) is 0. The zero-order valence-corrected chi connectivity index (χ0v) is 16.1. The van der Waals surface area contributed by atoms with E-state index in [1.54, 1.807) is 7.11 Å². The molecule has 2 aliphatic heterocycles. The minimum atomic E-state index is -0.313. The Balaban J connectivity index is 1.60. The Labute approximate surface area is 169 Å². The van der Waals surface area contributed by atoms with Crippen molar-refractivity contribution in [3.05, 3.63) is 94.5 Å². The zero-order valence-electron chi connectivity index (χ0n) is 15.4. The van der Waals surface area contributed by atoms with Gasteiger partial charge in [-0.1, -0.05) is 54.1 Å². The molecule has 0 spiro atoms. The first kappa shape index (κ1) is 17.1. The Hall–Kier alpha value is -2.98. The van der Waals surface area contributed by atoms with E-state index in [1.165, 1.54) is 0 Å². The second kappa shape index (κ2) is 6.88. The number of benzene rings is 3. The molecule has 2 aliphatic rings. The molecule has 2 heterocycles. The fourth-order valence-corrected chi connectivity index (χ4v) is 4.08. The molecule has 0 saturated heterocycles. The molecular weight excluding hydrogens is 372 g/mol. The standard InChI is InChI=1S/C23H19ClN2O2/c1-27-18-9-5-7-16(13-18)23-26-21(19-10-2-3-11-22(19)28-23)14-20(25-26)15-6-4-8-17(24)12-15/h2-13,21,23H,14H2,1H3. The third kappa shape index (κ3) is 2.90. The van der Waals surface area contributed by atoms with Crippen molar-refractivity contribution < 1.29 is 9.47 Å². The fraction of sp³-hybridized carbons (Fsp3) is 0.174. The van der Waals surface area contributed by atoms with Gasteiger partial charge in [-0.15, -0.1) is 0 Å². The van der Waals surface area contributed by atoms with Crippen LogP contribution in [0.1, 0.15) is 35.4 Å². The highest BCUT2D eigenvalue weighted by Gasteiger charge is 2.40. The molecule has 0 bridgehead atoms. The van der Waals surface area contributed by atoms with Crippen LogP contribution in [0.5, 0.6) is 11.5 Å². The number of rotatable bonds is 3. The van der Waals surface area contributed by atoms with Crippen LogP contribution in [0.4, 0.5) is 0 Å². The molecule has 3 aromatic carbocycles. The normalized spacial score (nSPS) is 20.1. The van der Waals surface area contributed by atoms with Crippen LogP contribution in [0.25, 0.3) is 0 Å². The van der Waals surface area contributed by atoms with Gasteiger partial charge in [-0.3, -0.25) is 0 Å². The molecule has 2 unspecified atom stereocenters. The molecule has 0 fully saturated rings. The molecular formula is C23H19ClN2O2. The minimum absolute atomic E-state index is 0.120. The van der Waals surface area contributed by atoms with E-state index in [1.807, 2.05) is 60.7 Å². The maximum atomic E-state index is 6.38. The number of hydrogen-bond donors (Lipinski definition) is 0. The van der Waals surface area contributed by atoms with Crippen molar-refractivity contribution in [2.24, 2.45) is 5.10 Å². The maximum Gasteiger partial charge on any atom is 0.214 e. The first-order valence-corrected chi connectivity index (χ1v) is 9.62. The first-order valence-electron chi connectivity index (χ1n) is 9.24. The van der Waals surface area contributed by atoms with Gasteiger partial charge in [0.2, 0.25) is 6.23 Å². The van der Waals surface area contributed by atoms with Crippen molar-refractivity contribution >= 4 is 17.3 Å². The molecule has 0 amide bonds. The van der Waals surface area contributed by atoms with Crippen LogP contribution in [0, 0.1) is 0 Å². The Morgan fingerprint density at radius 2 is 1.89 bits per heavy atom. The lowest BCUT2D eigenvalue weighted by Crippen LogP contribution is -2.33. The van der Waals surface area contributed by atoms with Gasteiger partial charge in [-0.2, -0.15) is 5.10 Å². The predicted molar refractivity (Wildman–Crippen MR) is 110 cm³/mol. The molecule has 4 nitrogen and oxygen atoms in total. The van der Waals surface area contributed by atoms with Crippen molar-refractivity contribution in [3.8, 4) is 11.5 Å². The largest absolute Gasteiger partial charge is 0.497 e. The lowest BCUT2D eigenvalue weighted by Gasteiger charge is -2.38. The molecule has 5 heteroatoms. The minimum Gasteiger partial charge on any atom is -0.497 e. The summed E-state index contributed by atoms with van der Waals surface area (Å²) in [7, 11) is 1.67. The summed E-state index contributed by atoms with van der Waals surface area (Å²) >= 11 is 6.21. The Kier molecular flexibility index (Phi) is 4.21. The van der Waals surface area contributed by atoms with Gasteiger partial charge in [0, 0.05) is 22.6 Å². The van der Waals surface area contributed by atoms with E-state index in [-0.39, 0.29) is 12.3 Å². The Morgan fingerprint density at radius 3 is 2.75 bits per heavy atom. The summed E-state index contributed by atoms with van der Waals surface area (Å²) in [5.41, 5.74) is 4.22. The topological polar surface area (TPSA) is 34.1 Å². The SMILES string of the molecule is COc1cccc(C2Oc3ccccc3C3CC(c4cccc(Cl)c4)=NN32)c1. The van der Waals surface area contributed by atoms with Crippen LogP contribution < -0.4 is 9.47 Å². The summed E-state index contributed by atoms with van der Waals surface area (Å²) in [5.74, 6) is 1.70.